The summed E-state index contributed by atoms with van der Waals surface area (Å²) in [5.74, 6) is 0.339. The Hall–Kier alpha value is -3.49. The second-order valence-electron chi connectivity index (χ2n) is 6.97. The van der Waals surface area contributed by atoms with Gasteiger partial charge in [0.25, 0.3) is 11.5 Å². The molecule has 3 heterocycles. The molecule has 29 heavy (non-hydrogen) atoms. The second-order valence-corrected chi connectivity index (χ2v) is 6.97. The Labute approximate surface area is 165 Å². The van der Waals surface area contributed by atoms with E-state index in [0.29, 0.717) is 23.2 Å². The fraction of sp³-hybridized carbons (Fsp3) is 0.350. The molecule has 0 aliphatic carbocycles. The molecule has 2 aromatic heterocycles. The van der Waals surface area contributed by atoms with Crippen LogP contribution in [0.3, 0.4) is 0 Å². The first kappa shape index (κ1) is 18.9. The number of benzene rings is 1. The van der Waals surface area contributed by atoms with Gasteiger partial charge in [0.05, 0.1) is 16.5 Å². The molecule has 9 heteroatoms. The van der Waals surface area contributed by atoms with Gasteiger partial charge in [0.2, 0.25) is 0 Å². The molecule has 0 atom stereocenters. The summed E-state index contributed by atoms with van der Waals surface area (Å²) in [6.07, 6.45) is 3.74. The Bertz CT molecular complexity index is 1150. The number of amides is 1. The smallest absolute Gasteiger partial charge is 0.338 e. The zero-order valence-corrected chi connectivity index (χ0v) is 15.9. The Morgan fingerprint density at radius 2 is 2.10 bits per heavy atom. The van der Waals surface area contributed by atoms with Gasteiger partial charge in [-0.1, -0.05) is 11.6 Å². The molecule has 3 aromatic rings. The third kappa shape index (κ3) is 4.03. The van der Waals surface area contributed by atoms with Gasteiger partial charge in [-0.2, -0.15) is 0 Å². The highest BCUT2D eigenvalue weighted by molar-refractivity contribution is 5.97. The number of rotatable bonds is 4. The number of carbonyl (C=O) groups excluding carboxylic acids is 2. The van der Waals surface area contributed by atoms with Crippen LogP contribution >= 0.6 is 0 Å². The Morgan fingerprint density at radius 3 is 2.90 bits per heavy atom. The monoisotopic (exact) mass is 396 g/mol. The quantitative estimate of drug-likeness (QED) is 0.672. The van der Waals surface area contributed by atoms with E-state index in [2.05, 4.69) is 15.5 Å². The van der Waals surface area contributed by atoms with E-state index in [1.54, 1.807) is 23.6 Å². The number of aromatic nitrogens is 3. The van der Waals surface area contributed by atoms with Gasteiger partial charge >= 0.3 is 5.97 Å². The summed E-state index contributed by atoms with van der Waals surface area (Å²) in [5.41, 5.74) is 0.599. The van der Waals surface area contributed by atoms with Crippen LogP contribution in [0.1, 0.15) is 41.2 Å². The lowest BCUT2D eigenvalue weighted by Crippen LogP contribution is -2.25. The number of hydrogen-bond donors (Lipinski definition) is 1. The third-order valence-electron chi connectivity index (χ3n) is 4.78. The minimum atomic E-state index is -0.671. The van der Waals surface area contributed by atoms with E-state index in [1.165, 1.54) is 12.1 Å². The van der Waals surface area contributed by atoms with E-state index in [0.717, 1.165) is 31.5 Å². The van der Waals surface area contributed by atoms with Gasteiger partial charge in [-0.25, -0.2) is 9.78 Å². The Balaban J connectivity index is 1.49. The molecule has 0 saturated heterocycles. The average Bonchev–Trinajstić information content (AvgIpc) is 2.97. The van der Waals surface area contributed by atoms with Crippen molar-refractivity contribution in [3.8, 4) is 0 Å². The van der Waals surface area contributed by atoms with E-state index in [1.807, 2.05) is 0 Å². The summed E-state index contributed by atoms with van der Waals surface area (Å²) in [7, 11) is 0. The van der Waals surface area contributed by atoms with Crippen LogP contribution in [0.15, 0.2) is 33.6 Å². The number of aryl methyl sites for hydroxylation is 2. The average molecular weight is 396 g/mol. The lowest BCUT2D eigenvalue weighted by molar-refractivity contribution is -0.119. The largest absolute Gasteiger partial charge is 0.452 e. The van der Waals surface area contributed by atoms with E-state index in [-0.39, 0.29) is 16.9 Å². The number of nitrogens with one attached hydrogen (secondary N) is 1. The van der Waals surface area contributed by atoms with Crippen LogP contribution in [-0.4, -0.2) is 33.2 Å². The molecule has 0 radical (unpaired) electrons. The van der Waals surface area contributed by atoms with Crippen LogP contribution in [0.2, 0.25) is 0 Å². The van der Waals surface area contributed by atoms with Crippen molar-refractivity contribution in [2.24, 2.45) is 0 Å². The minimum Gasteiger partial charge on any atom is -0.452 e. The van der Waals surface area contributed by atoms with E-state index in [9.17, 15) is 14.4 Å². The summed E-state index contributed by atoms with van der Waals surface area (Å²) in [4.78, 5) is 41.5. The number of nitrogens with zero attached hydrogens (tertiary/aromatic N) is 3. The van der Waals surface area contributed by atoms with Crippen LogP contribution in [0.5, 0.6) is 0 Å². The standard InChI is InChI=1S/C20H20N4O5/c1-12-9-16(23-29-12)22-18(25)11-28-20(27)13-6-7-14-15(10-13)21-17-5-3-2-4-8-24(17)19(14)26/h6-7,9-10H,2-5,8,11H2,1H3,(H,22,23,25). The maximum absolute atomic E-state index is 12.7. The van der Waals surface area contributed by atoms with Crippen molar-refractivity contribution in [1.82, 2.24) is 14.7 Å². The number of ether oxygens (including phenoxy) is 1. The highest BCUT2D eigenvalue weighted by Crippen LogP contribution is 2.17. The van der Waals surface area contributed by atoms with Crippen LogP contribution in [0.25, 0.3) is 10.9 Å². The van der Waals surface area contributed by atoms with Crippen molar-refractivity contribution in [1.29, 1.82) is 0 Å². The molecule has 0 spiro atoms. The summed E-state index contributed by atoms with van der Waals surface area (Å²) in [6, 6.07) is 6.17. The van der Waals surface area contributed by atoms with Crippen LogP contribution in [0.4, 0.5) is 5.82 Å². The summed E-state index contributed by atoms with van der Waals surface area (Å²) < 4.78 is 11.6. The number of anilines is 1. The van der Waals surface area contributed by atoms with Gasteiger partial charge in [0.1, 0.15) is 11.6 Å². The van der Waals surface area contributed by atoms with Gasteiger partial charge in [0.15, 0.2) is 12.4 Å². The first-order chi connectivity index (χ1) is 14.0. The Kier molecular flexibility index (Phi) is 5.11. The highest BCUT2D eigenvalue weighted by Gasteiger charge is 2.17. The molecular formula is C20H20N4O5. The normalized spacial score (nSPS) is 13.6. The van der Waals surface area contributed by atoms with Gasteiger partial charge < -0.3 is 14.6 Å². The molecule has 9 nitrogen and oxygen atoms in total. The zero-order chi connectivity index (χ0) is 20.4. The highest BCUT2D eigenvalue weighted by atomic mass is 16.5. The predicted octanol–water partition coefficient (Wildman–Crippen LogP) is 2.21. The maximum atomic E-state index is 12.7. The second kappa shape index (κ2) is 7.86. The van der Waals surface area contributed by atoms with Crippen LogP contribution < -0.4 is 10.9 Å². The first-order valence-electron chi connectivity index (χ1n) is 9.45. The third-order valence-corrected chi connectivity index (χ3v) is 4.78. The molecule has 150 valence electrons. The lowest BCUT2D eigenvalue weighted by Gasteiger charge is -2.11. The maximum Gasteiger partial charge on any atom is 0.338 e. The van der Waals surface area contributed by atoms with Gasteiger partial charge in [-0.15, -0.1) is 0 Å². The summed E-state index contributed by atoms with van der Waals surface area (Å²) >= 11 is 0. The molecule has 4 rings (SSSR count). The van der Waals surface area contributed by atoms with Crippen molar-refractivity contribution in [2.45, 2.75) is 39.2 Å². The van der Waals surface area contributed by atoms with Gasteiger partial charge in [-0.3, -0.25) is 14.2 Å². The summed E-state index contributed by atoms with van der Waals surface area (Å²) in [6.45, 7) is 1.89. The number of carbonyl (C=O) groups is 2. The molecule has 1 aromatic carbocycles. The molecule has 0 unspecified atom stereocenters. The van der Waals surface area contributed by atoms with Crippen molar-refractivity contribution < 1.29 is 18.8 Å². The van der Waals surface area contributed by atoms with Crippen LogP contribution in [-0.2, 0) is 22.5 Å². The van der Waals surface area contributed by atoms with Crippen molar-refractivity contribution in [3.63, 3.8) is 0 Å². The van der Waals surface area contributed by atoms with Crippen molar-refractivity contribution in [2.75, 3.05) is 11.9 Å². The predicted molar refractivity (Wildman–Crippen MR) is 104 cm³/mol. The van der Waals surface area contributed by atoms with Gasteiger partial charge in [0, 0.05) is 19.0 Å². The van der Waals surface area contributed by atoms with Crippen molar-refractivity contribution >= 4 is 28.6 Å². The molecule has 1 N–H and O–H groups in total. The van der Waals surface area contributed by atoms with Crippen molar-refractivity contribution in [3.05, 3.63) is 51.8 Å². The molecule has 0 bridgehead atoms. The molecule has 1 aliphatic rings. The molecule has 0 saturated carbocycles. The van der Waals surface area contributed by atoms with E-state index in [4.69, 9.17) is 9.26 Å². The first-order valence-corrected chi connectivity index (χ1v) is 9.45. The fourth-order valence-corrected chi connectivity index (χ4v) is 3.36. The lowest BCUT2D eigenvalue weighted by atomic mass is 10.1. The topological polar surface area (TPSA) is 116 Å². The number of fused-ring (bicyclic) bond motifs is 2. The molecule has 0 fully saturated rings. The SMILES string of the molecule is Cc1cc(NC(=O)COC(=O)c2ccc3c(=O)n4c(nc3c2)CCCCC4)no1. The van der Waals surface area contributed by atoms with E-state index >= 15 is 0 Å². The van der Waals surface area contributed by atoms with Gasteiger partial charge in [-0.05, 0) is 38.0 Å². The zero-order valence-electron chi connectivity index (χ0n) is 15.9. The van der Waals surface area contributed by atoms with Crippen LogP contribution in [0, 0.1) is 6.92 Å². The Morgan fingerprint density at radius 1 is 1.24 bits per heavy atom. The molecule has 1 aliphatic heterocycles. The fourth-order valence-electron chi connectivity index (χ4n) is 3.36. The number of esters is 1. The molecular weight excluding hydrogens is 376 g/mol. The van der Waals surface area contributed by atoms with E-state index < -0.39 is 18.5 Å². The minimum absolute atomic E-state index is 0.0888. The summed E-state index contributed by atoms with van der Waals surface area (Å²) in [5, 5.41) is 6.57. The molecule has 1 amide bonds. The number of hydrogen-bond acceptors (Lipinski definition) is 7.